The molecule has 0 saturated carbocycles. The van der Waals surface area contributed by atoms with Crippen LogP contribution in [-0.2, 0) is 14.5 Å². The van der Waals surface area contributed by atoms with Gasteiger partial charge < -0.3 is 4.43 Å². The minimum Gasteiger partial charge on any atom is -0.416 e. The molecule has 0 fully saturated rings. The van der Waals surface area contributed by atoms with Crippen LogP contribution in [0.1, 0.15) is 66.4 Å². The van der Waals surface area contributed by atoms with E-state index in [0.29, 0.717) is 23.2 Å². The van der Waals surface area contributed by atoms with Crippen molar-refractivity contribution in [3.8, 4) is 0 Å². The highest BCUT2D eigenvalue weighted by Crippen LogP contribution is 2.42. The lowest BCUT2D eigenvalue weighted by atomic mass is 9.86. The zero-order valence-electron chi connectivity index (χ0n) is 18.0. The Morgan fingerprint density at radius 1 is 0.926 bits per heavy atom. The lowest BCUT2D eigenvalue weighted by Crippen LogP contribution is -2.48. The summed E-state index contributed by atoms with van der Waals surface area (Å²) in [4.78, 5) is 0. The Hall–Kier alpha value is -0.693. The molecule has 1 aromatic rings. The third-order valence-electron chi connectivity index (χ3n) is 5.88. The van der Waals surface area contributed by atoms with Crippen LogP contribution in [0.2, 0.25) is 16.6 Å². The molecular formula is C21H38O4SSi. The van der Waals surface area contributed by atoms with E-state index >= 15 is 0 Å². The number of benzene rings is 1. The van der Waals surface area contributed by atoms with Crippen molar-refractivity contribution >= 4 is 18.4 Å². The van der Waals surface area contributed by atoms with Crippen LogP contribution in [0, 0.1) is 5.92 Å². The van der Waals surface area contributed by atoms with Crippen molar-refractivity contribution in [2.75, 3.05) is 12.4 Å². The van der Waals surface area contributed by atoms with Gasteiger partial charge in [0.25, 0.3) is 10.1 Å². The van der Waals surface area contributed by atoms with Gasteiger partial charge in [-0.3, -0.25) is 4.55 Å². The van der Waals surface area contributed by atoms with Crippen molar-refractivity contribution in [1.82, 2.24) is 0 Å². The van der Waals surface area contributed by atoms with Crippen LogP contribution in [0.3, 0.4) is 0 Å². The van der Waals surface area contributed by atoms with E-state index in [4.69, 9.17) is 4.43 Å². The topological polar surface area (TPSA) is 63.6 Å². The van der Waals surface area contributed by atoms with Gasteiger partial charge in [0.05, 0.1) is 5.75 Å². The van der Waals surface area contributed by atoms with Crippen molar-refractivity contribution in [3.63, 3.8) is 0 Å². The molecule has 0 bridgehead atoms. The molecule has 1 rings (SSSR count). The van der Waals surface area contributed by atoms with Gasteiger partial charge in [0, 0.05) is 6.61 Å². The zero-order chi connectivity index (χ0) is 20.8. The summed E-state index contributed by atoms with van der Waals surface area (Å²) in [6, 6.07) is 9.96. The molecule has 0 saturated heterocycles. The average molecular weight is 415 g/mol. The highest BCUT2D eigenvalue weighted by atomic mass is 32.2. The average Bonchev–Trinajstić information content (AvgIpc) is 2.53. The van der Waals surface area contributed by atoms with Gasteiger partial charge in [-0.15, -0.1) is 0 Å². The molecule has 0 radical (unpaired) electrons. The van der Waals surface area contributed by atoms with Gasteiger partial charge in [-0.05, 0) is 40.4 Å². The van der Waals surface area contributed by atoms with E-state index in [1.807, 2.05) is 37.3 Å². The first-order valence-corrected chi connectivity index (χ1v) is 13.8. The van der Waals surface area contributed by atoms with Gasteiger partial charge in [0.15, 0.2) is 8.32 Å². The van der Waals surface area contributed by atoms with Crippen LogP contribution in [0.5, 0.6) is 0 Å². The second-order valence-corrected chi connectivity index (χ2v) is 15.7. The molecule has 0 aromatic heterocycles. The third kappa shape index (κ3) is 6.70. The van der Waals surface area contributed by atoms with Gasteiger partial charge in [-0.25, -0.2) is 0 Å². The second-order valence-electron chi connectivity index (χ2n) is 8.70. The van der Waals surface area contributed by atoms with E-state index in [1.54, 1.807) is 0 Å². The summed E-state index contributed by atoms with van der Waals surface area (Å²) in [5, 5.41) is 0. The van der Waals surface area contributed by atoms with Crippen molar-refractivity contribution in [3.05, 3.63) is 35.9 Å². The summed E-state index contributed by atoms with van der Waals surface area (Å²) in [5.74, 6) is -0.376. The molecule has 0 spiro atoms. The van der Waals surface area contributed by atoms with Crippen molar-refractivity contribution in [1.29, 1.82) is 0 Å². The predicted octanol–water partition coefficient (Wildman–Crippen LogP) is 5.88. The minimum absolute atomic E-state index is 0.0336. The van der Waals surface area contributed by atoms with E-state index in [0.717, 1.165) is 12.0 Å². The molecule has 0 heterocycles. The first kappa shape index (κ1) is 24.3. The second kappa shape index (κ2) is 10.2. The fourth-order valence-electron chi connectivity index (χ4n) is 4.79. The molecule has 6 heteroatoms. The smallest absolute Gasteiger partial charge is 0.265 e. The van der Waals surface area contributed by atoms with Crippen LogP contribution < -0.4 is 0 Å². The molecule has 1 aromatic carbocycles. The summed E-state index contributed by atoms with van der Waals surface area (Å²) >= 11 is 0. The largest absolute Gasteiger partial charge is 0.416 e. The highest BCUT2D eigenvalue weighted by Gasteiger charge is 2.45. The molecule has 0 aliphatic carbocycles. The van der Waals surface area contributed by atoms with Crippen molar-refractivity contribution < 1.29 is 17.4 Å². The van der Waals surface area contributed by atoms with Gasteiger partial charge in [0.1, 0.15) is 0 Å². The molecule has 27 heavy (non-hydrogen) atoms. The maximum absolute atomic E-state index is 11.4. The third-order valence-corrected chi connectivity index (χ3v) is 12.9. The molecule has 0 aliphatic heterocycles. The zero-order valence-corrected chi connectivity index (χ0v) is 19.8. The first-order chi connectivity index (χ1) is 12.4. The Balaban J connectivity index is 2.99. The van der Waals surface area contributed by atoms with Crippen molar-refractivity contribution in [2.24, 2.45) is 5.92 Å². The Morgan fingerprint density at radius 2 is 1.41 bits per heavy atom. The van der Waals surface area contributed by atoms with E-state index in [-0.39, 0.29) is 17.6 Å². The Labute approximate surface area is 167 Å². The summed E-state index contributed by atoms with van der Waals surface area (Å²) in [5.41, 5.74) is 2.65. The van der Waals surface area contributed by atoms with Crippen LogP contribution in [0.25, 0.3) is 0 Å². The Kier molecular flexibility index (Phi) is 9.19. The number of hydrogen-bond donors (Lipinski definition) is 1. The fourth-order valence-corrected chi connectivity index (χ4v) is 11.2. The maximum atomic E-state index is 11.4. The predicted molar refractivity (Wildman–Crippen MR) is 116 cm³/mol. The molecule has 2 unspecified atom stereocenters. The molecule has 2 atom stereocenters. The lowest BCUT2D eigenvalue weighted by molar-refractivity contribution is 0.250. The molecule has 1 N–H and O–H groups in total. The van der Waals surface area contributed by atoms with E-state index in [9.17, 15) is 13.0 Å². The highest BCUT2D eigenvalue weighted by molar-refractivity contribution is 7.85. The lowest BCUT2D eigenvalue weighted by Gasteiger charge is -2.42. The van der Waals surface area contributed by atoms with Crippen LogP contribution in [0.4, 0.5) is 0 Å². The quantitative estimate of drug-likeness (QED) is 0.363. The first-order valence-electron chi connectivity index (χ1n) is 10.1. The number of hydrogen-bond acceptors (Lipinski definition) is 3. The number of rotatable bonds is 11. The van der Waals surface area contributed by atoms with Crippen LogP contribution >= 0.6 is 0 Å². The molecule has 0 aliphatic rings. The van der Waals surface area contributed by atoms with E-state index in [2.05, 4.69) is 41.5 Å². The molecule has 0 amide bonds. The summed E-state index contributed by atoms with van der Waals surface area (Å²) in [6.07, 6.45) is 0.752. The SMILES string of the molecule is CC(CS(=O)(=O)O)C(CCO[Si](C(C)C)(C(C)C)C(C)C)c1ccccc1. The minimum atomic E-state index is -4.00. The summed E-state index contributed by atoms with van der Waals surface area (Å²) in [6.45, 7) is 16.1. The molecule has 4 nitrogen and oxygen atoms in total. The fraction of sp³-hybridized carbons (Fsp3) is 0.714. The van der Waals surface area contributed by atoms with Gasteiger partial charge in [-0.2, -0.15) is 8.42 Å². The monoisotopic (exact) mass is 414 g/mol. The maximum Gasteiger partial charge on any atom is 0.265 e. The molecule has 156 valence electrons. The van der Waals surface area contributed by atoms with E-state index in [1.165, 1.54) is 0 Å². The Morgan fingerprint density at radius 3 is 1.81 bits per heavy atom. The summed E-state index contributed by atoms with van der Waals surface area (Å²) in [7, 11) is -5.95. The van der Waals surface area contributed by atoms with Crippen molar-refractivity contribution in [2.45, 2.75) is 77.4 Å². The van der Waals surface area contributed by atoms with Gasteiger partial charge >= 0.3 is 0 Å². The van der Waals surface area contributed by atoms with Crippen LogP contribution in [-0.4, -0.2) is 33.6 Å². The normalized spacial score (nSPS) is 15.5. The van der Waals surface area contributed by atoms with E-state index < -0.39 is 18.4 Å². The Bertz CT molecular complexity index is 634. The summed E-state index contributed by atoms with van der Waals surface area (Å²) < 4.78 is 38.8. The molecular weight excluding hydrogens is 376 g/mol. The van der Waals surface area contributed by atoms with Gasteiger partial charge in [-0.1, -0.05) is 78.8 Å². The standard InChI is InChI=1S/C21H38O4SSi/c1-16(2)27(17(3)4,18(5)6)25-14-13-21(19(7)15-26(22,23)24)20-11-9-8-10-12-20/h8-12,16-19,21H,13-15H2,1-7H3,(H,22,23,24). The van der Waals surface area contributed by atoms with Crippen LogP contribution in [0.15, 0.2) is 30.3 Å². The van der Waals surface area contributed by atoms with Gasteiger partial charge in [0.2, 0.25) is 0 Å².